The topological polar surface area (TPSA) is 306 Å². The van der Waals surface area contributed by atoms with E-state index in [4.69, 9.17) is 29.3 Å². The van der Waals surface area contributed by atoms with Gasteiger partial charge in [0.2, 0.25) is 0 Å². The van der Waals surface area contributed by atoms with Crippen LogP contribution in [-0.4, -0.2) is 59.3 Å². The maximum Gasteiger partial charge on any atom is 0.284 e. The van der Waals surface area contributed by atoms with E-state index in [0.717, 1.165) is 0 Å². The Morgan fingerprint density at radius 3 is 1.33 bits per heavy atom. The van der Waals surface area contributed by atoms with E-state index >= 15 is 0 Å². The average Bonchev–Trinajstić information content (AvgIpc) is 3.14. The summed E-state index contributed by atoms with van der Waals surface area (Å²) in [6, 6.07) is 0. The van der Waals surface area contributed by atoms with Crippen molar-refractivity contribution in [2.75, 3.05) is 24.6 Å². The minimum Gasteiger partial charge on any atom is -0.750 e. The predicted molar refractivity (Wildman–Crippen MR) is 89.0 cm³/mol. The standard InChI is InChI=1S/C3H6.C2H8N2O3S.C2H7NO3S.2H3N.H2O3S/c1-2-3-1;3-1-2-8(5,6)7-4;3-1-2-7(4,5)6;;;1-4(2)3/h1-3H2;1-4H2;1-3H2,(H,4,5,6);2*1H3;(H2,1,2,3)/p-1. The van der Waals surface area contributed by atoms with Crippen LogP contribution in [0.3, 0.4) is 0 Å². The molecular formula is C7H28N5O9S3-. The van der Waals surface area contributed by atoms with Gasteiger partial charge in [-0.15, -0.1) is 0 Å². The first-order chi connectivity index (χ1) is 9.91. The summed E-state index contributed by atoms with van der Waals surface area (Å²) in [5.41, 5.74) is 9.65. The minimum atomic E-state index is -3.80. The van der Waals surface area contributed by atoms with Crippen molar-refractivity contribution in [2.24, 2.45) is 17.4 Å². The molecule has 154 valence electrons. The van der Waals surface area contributed by atoms with Crippen LogP contribution in [0.1, 0.15) is 19.3 Å². The number of hydrogen-bond donors (Lipinski definition) is 7. The quantitative estimate of drug-likeness (QED) is 0.141. The lowest BCUT2D eigenvalue weighted by atomic mass is 10.8. The first-order valence-electron chi connectivity index (χ1n) is 5.66. The Morgan fingerprint density at radius 1 is 1.00 bits per heavy atom. The smallest absolute Gasteiger partial charge is 0.284 e. The molecule has 1 fully saturated rings. The van der Waals surface area contributed by atoms with Crippen LogP contribution >= 0.6 is 0 Å². The molecule has 14 nitrogen and oxygen atoms in total. The molecule has 1 aliphatic rings. The summed E-state index contributed by atoms with van der Waals surface area (Å²) in [6.45, 7) is -0.00162. The van der Waals surface area contributed by atoms with Crippen molar-refractivity contribution >= 4 is 31.6 Å². The van der Waals surface area contributed by atoms with E-state index in [-0.39, 0.29) is 36.9 Å². The van der Waals surface area contributed by atoms with E-state index in [2.05, 4.69) is 10.2 Å². The Kier molecular flexibility index (Phi) is 30.2. The second-order valence-corrected chi connectivity index (χ2v) is 7.22. The molecule has 1 saturated carbocycles. The van der Waals surface area contributed by atoms with Crippen molar-refractivity contribution in [2.45, 2.75) is 19.3 Å². The molecule has 0 spiro atoms. The second kappa shape index (κ2) is 20.7. The first kappa shape index (κ1) is 34.9. The van der Waals surface area contributed by atoms with Gasteiger partial charge in [-0.05, 0) is 0 Å². The molecule has 1 rings (SSSR count). The number of nitrogens with two attached hydrogens (primary N) is 3. The van der Waals surface area contributed by atoms with Gasteiger partial charge in [0.15, 0.2) is 0 Å². The zero-order chi connectivity index (χ0) is 18.2. The molecule has 0 aromatic rings. The van der Waals surface area contributed by atoms with Gasteiger partial charge in [0, 0.05) is 13.1 Å². The Morgan fingerprint density at radius 2 is 1.29 bits per heavy atom. The number of rotatable bonds is 5. The highest BCUT2D eigenvalue weighted by molar-refractivity contribution is 7.86. The van der Waals surface area contributed by atoms with Crippen molar-refractivity contribution in [3.05, 3.63) is 0 Å². The first-order valence-corrected chi connectivity index (χ1v) is 9.88. The second-order valence-electron chi connectivity index (χ2n) is 3.50. The summed E-state index contributed by atoms with van der Waals surface area (Å²) in [4.78, 5) is 0. The van der Waals surface area contributed by atoms with E-state index in [0.29, 0.717) is 0 Å². The van der Waals surface area contributed by atoms with Crippen LogP contribution in [-0.2, 0) is 35.9 Å². The lowest BCUT2D eigenvalue weighted by Crippen LogP contribution is -2.20. The van der Waals surface area contributed by atoms with E-state index in [1.54, 1.807) is 0 Å². The number of hydrogen-bond acceptors (Lipinski definition) is 12. The van der Waals surface area contributed by atoms with Crippen LogP contribution in [0.2, 0.25) is 0 Å². The minimum absolute atomic E-state index is 0. The van der Waals surface area contributed by atoms with Crippen molar-refractivity contribution in [3.63, 3.8) is 0 Å². The molecule has 0 amide bonds. The van der Waals surface area contributed by atoms with Gasteiger partial charge in [0.05, 0.1) is 22.9 Å². The molecular weight excluding hydrogens is 394 g/mol. The highest BCUT2D eigenvalue weighted by Crippen LogP contribution is 2.14. The van der Waals surface area contributed by atoms with Crippen LogP contribution in [0.15, 0.2) is 0 Å². The van der Waals surface area contributed by atoms with Crippen LogP contribution in [0.25, 0.3) is 0 Å². The molecule has 0 aromatic heterocycles. The molecule has 24 heavy (non-hydrogen) atoms. The Balaban J connectivity index is -0.0000000686. The summed E-state index contributed by atoms with van der Waals surface area (Å²) >= 11 is -2.86. The third kappa shape index (κ3) is 67.9. The fourth-order valence-corrected chi connectivity index (χ4v) is 1.02. The molecule has 0 saturated heterocycles. The molecule has 17 heteroatoms. The Labute approximate surface area is 144 Å². The van der Waals surface area contributed by atoms with Gasteiger partial charge >= 0.3 is 0 Å². The van der Waals surface area contributed by atoms with Gasteiger partial charge in [-0.3, -0.25) is 4.55 Å². The van der Waals surface area contributed by atoms with E-state index in [1.807, 2.05) is 0 Å². The van der Waals surface area contributed by atoms with Gasteiger partial charge in [-0.1, -0.05) is 19.3 Å². The van der Waals surface area contributed by atoms with Crippen LogP contribution < -0.4 is 29.7 Å². The molecule has 1 unspecified atom stereocenters. The van der Waals surface area contributed by atoms with Crippen LogP contribution in [0.5, 0.6) is 0 Å². The molecule has 1 aliphatic carbocycles. The monoisotopic (exact) mass is 422 g/mol. The van der Waals surface area contributed by atoms with Crippen molar-refractivity contribution in [1.82, 2.24) is 12.3 Å². The summed E-state index contributed by atoms with van der Waals surface area (Å²) in [5.74, 6) is 3.76. The van der Waals surface area contributed by atoms with E-state index in [9.17, 15) is 16.8 Å². The molecule has 0 radical (unpaired) electrons. The maximum absolute atomic E-state index is 10.2. The highest BCUT2D eigenvalue weighted by atomic mass is 32.2. The normalized spacial score (nSPS) is 12.9. The zero-order valence-corrected chi connectivity index (χ0v) is 15.5. The molecule has 0 aromatic carbocycles. The van der Waals surface area contributed by atoms with Crippen molar-refractivity contribution < 1.29 is 39.0 Å². The predicted octanol–water partition coefficient (Wildman–Crippen LogP) is -2.17. The van der Waals surface area contributed by atoms with Crippen molar-refractivity contribution in [1.29, 1.82) is 0 Å². The third-order valence-corrected chi connectivity index (χ3v) is 3.02. The van der Waals surface area contributed by atoms with Crippen LogP contribution in [0, 0.1) is 0 Å². The molecule has 0 bridgehead atoms. The van der Waals surface area contributed by atoms with Gasteiger partial charge < -0.3 is 32.9 Å². The third-order valence-electron chi connectivity index (χ3n) is 1.24. The summed E-state index contributed by atoms with van der Waals surface area (Å²) in [7, 11) is -7.32. The lowest BCUT2D eigenvalue weighted by molar-refractivity contribution is 0.333. The molecule has 14 N–H and O–H groups in total. The highest BCUT2D eigenvalue weighted by Gasteiger charge is 2.05. The Bertz CT molecular complexity index is 461. The SMILES string of the molecule is C1CC1.N.N.NCCS(=O)(=O)O.NCCS(=O)(=O)ON.O=S([O-])O. The van der Waals surface area contributed by atoms with Gasteiger partial charge in [0.1, 0.15) is 0 Å². The van der Waals surface area contributed by atoms with Crippen molar-refractivity contribution in [3.8, 4) is 0 Å². The Hall–Kier alpha value is -0.310. The van der Waals surface area contributed by atoms with E-state index in [1.165, 1.54) is 19.3 Å². The zero-order valence-electron chi connectivity index (χ0n) is 13.1. The average molecular weight is 423 g/mol. The lowest BCUT2D eigenvalue weighted by Gasteiger charge is -1.93. The largest absolute Gasteiger partial charge is 0.750 e. The van der Waals surface area contributed by atoms with Gasteiger partial charge in [-0.2, -0.15) is 27.0 Å². The maximum atomic E-state index is 10.2. The molecule has 1 atom stereocenters. The summed E-state index contributed by atoms with van der Waals surface area (Å²) in [5, 5.41) is 0. The summed E-state index contributed by atoms with van der Waals surface area (Å²) in [6.07, 6.45) is 4.50. The van der Waals surface area contributed by atoms with Gasteiger partial charge in [0.25, 0.3) is 20.2 Å². The van der Waals surface area contributed by atoms with E-state index < -0.39 is 31.6 Å². The fourth-order valence-electron chi connectivity index (χ4n) is 0.341. The molecule has 0 heterocycles. The molecule has 0 aliphatic heterocycles. The van der Waals surface area contributed by atoms with Gasteiger partial charge in [-0.25, -0.2) is 4.21 Å². The van der Waals surface area contributed by atoms with Crippen LogP contribution in [0.4, 0.5) is 0 Å². The summed E-state index contributed by atoms with van der Waals surface area (Å²) < 4.78 is 75.3. The fraction of sp³-hybridized carbons (Fsp3) is 1.00.